The van der Waals surface area contributed by atoms with Gasteiger partial charge in [-0.05, 0) is 63.4 Å². The Morgan fingerprint density at radius 3 is 2.43 bits per heavy atom. The van der Waals surface area contributed by atoms with Gasteiger partial charge < -0.3 is 4.74 Å². The van der Waals surface area contributed by atoms with Crippen molar-refractivity contribution < 1.29 is 14.3 Å². The Bertz CT molecular complexity index is 859. The van der Waals surface area contributed by atoms with Gasteiger partial charge in [0.2, 0.25) is 0 Å². The van der Waals surface area contributed by atoms with Crippen molar-refractivity contribution >= 4 is 23.1 Å². The van der Waals surface area contributed by atoms with Crippen molar-refractivity contribution in [1.29, 1.82) is 0 Å². The maximum atomic E-state index is 13.0. The highest BCUT2D eigenvalue weighted by molar-refractivity contribution is 6.16. The number of para-hydroxylation sites is 1. The Labute approximate surface area is 166 Å². The third-order valence-corrected chi connectivity index (χ3v) is 5.09. The van der Waals surface area contributed by atoms with Gasteiger partial charge in [0.15, 0.2) is 0 Å². The van der Waals surface area contributed by atoms with E-state index in [1.54, 1.807) is 6.92 Å². The molecule has 0 aliphatic carbocycles. The molecule has 3 rings (SSSR count). The van der Waals surface area contributed by atoms with Crippen LogP contribution in [0.2, 0.25) is 0 Å². The van der Waals surface area contributed by atoms with E-state index < -0.39 is 5.92 Å². The molecule has 2 unspecified atom stereocenters. The molecule has 146 valence electrons. The van der Waals surface area contributed by atoms with Crippen LogP contribution in [0.4, 0.5) is 5.69 Å². The van der Waals surface area contributed by atoms with Crippen LogP contribution in [0.3, 0.4) is 0 Å². The SMILES string of the molecule is CCOc1ccc(CCC(C(C)=O)C2C(=O)N(c3ccccc3)N=C2C)cc1. The molecule has 0 fully saturated rings. The number of ketones is 1. The van der Waals surface area contributed by atoms with E-state index in [4.69, 9.17) is 4.74 Å². The molecule has 1 aliphatic heterocycles. The number of nitrogens with zero attached hydrogens (tertiary/aromatic N) is 2. The number of amides is 1. The quantitative estimate of drug-likeness (QED) is 0.689. The summed E-state index contributed by atoms with van der Waals surface area (Å²) in [7, 11) is 0. The van der Waals surface area contributed by atoms with Crippen LogP contribution in [-0.4, -0.2) is 24.0 Å². The van der Waals surface area contributed by atoms with Crippen molar-refractivity contribution in [2.75, 3.05) is 11.6 Å². The van der Waals surface area contributed by atoms with Gasteiger partial charge in [0.25, 0.3) is 5.91 Å². The van der Waals surface area contributed by atoms with Gasteiger partial charge in [0, 0.05) is 11.6 Å². The fraction of sp³-hybridized carbons (Fsp3) is 0.348. The second kappa shape index (κ2) is 8.83. The molecule has 28 heavy (non-hydrogen) atoms. The molecule has 0 saturated heterocycles. The van der Waals surface area contributed by atoms with E-state index >= 15 is 0 Å². The van der Waals surface area contributed by atoms with Gasteiger partial charge in [-0.1, -0.05) is 30.3 Å². The molecule has 0 radical (unpaired) electrons. The third-order valence-electron chi connectivity index (χ3n) is 5.09. The van der Waals surface area contributed by atoms with Crippen molar-refractivity contribution in [3.8, 4) is 5.75 Å². The second-order valence-corrected chi connectivity index (χ2v) is 7.04. The van der Waals surface area contributed by atoms with Crippen LogP contribution >= 0.6 is 0 Å². The topological polar surface area (TPSA) is 59.0 Å². The highest BCUT2D eigenvalue weighted by Crippen LogP contribution is 2.31. The highest BCUT2D eigenvalue weighted by Gasteiger charge is 2.41. The van der Waals surface area contributed by atoms with Crippen molar-refractivity contribution in [1.82, 2.24) is 0 Å². The first-order valence-electron chi connectivity index (χ1n) is 9.67. The van der Waals surface area contributed by atoms with Gasteiger partial charge in [-0.25, -0.2) is 5.01 Å². The number of hydrogen-bond acceptors (Lipinski definition) is 4. The number of hydrogen-bond donors (Lipinski definition) is 0. The van der Waals surface area contributed by atoms with Crippen LogP contribution in [0, 0.1) is 11.8 Å². The predicted octanol–water partition coefficient (Wildman–Crippen LogP) is 4.26. The lowest BCUT2D eigenvalue weighted by molar-refractivity contribution is -0.128. The van der Waals surface area contributed by atoms with Crippen LogP contribution in [0.5, 0.6) is 5.75 Å². The predicted molar refractivity (Wildman–Crippen MR) is 111 cm³/mol. The first-order valence-corrected chi connectivity index (χ1v) is 9.67. The molecule has 1 amide bonds. The number of anilines is 1. The average molecular weight is 378 g/mol. The zero-order chi connectivity index (χ0) is 20.1. The summed E-state index contributed by atoms with van der Waals surface area (Å²) in [4.78, 5) is 25.4. The van der Waals surface area contributed by atoms with Gasteiger partial charge in [-0.2, -0.15) is 5.10 Å². The number of rotatable bonds is 8. The molecule has 1 aliphatic rings. The van der Waals surface area contributed by atoms with E-state index in [9.17, 15) is 9.59 Å². The van der Waals surface area contributed by atoms with Gasteiger partial charge in [0.05, 0.1) is 18.2 Å². The van der Waals surface area contributed by atoms with E-state index in [0.717, 1.165) is 23.4 Å². The summed E-state index contributed by atoms with van der Waals surface area (Å²) >= 11 is 0. The van der Waals surface area contributed by atoms with Gasteiger partial charge in [0.1, 0.15) is 11.5 Å². The minimum Gasteiger partial charge on any atom is -0.494 e. The second-order valence-electron chi connectivity index (χ2n) is 7.04. The largest absolute Gasteiger partial charge is 0.494 e. The Balaban J connectivity index is 1.72. The van der Waals surface area contributed by atoms with Crippen molar-refractivity contribution in [2.45, 2.75) is 33.6 Å². The minimum atomic E-state index is -0.500. The van der Waals surface area contributed by atoms with E-state index in [1.165, 1.54) is 5.01 Å². The molecular formula is C23H26N2O3. The lowest BCUT2D eigenvalue weighted by Gasteiger charge is -2.21. The van der Waals surface area contributed by atoms with Gasteiger partial charge in [-0.15, -0.1) is 0 Å². The van der Waals surface area contributed by atoms with Crippen LogP contribution in [0.25, 0.3) is 0 Å². The maximum absolute atomic E-state index is 13.0. The number of ether oxygens (including phenoxy) is 1. The normalized spacial score (nSPS) is 17.4. The number of Topliss-reactive ketones (excluding diaryl/α,β-unsaturated/α-hetero) is 1. The third kappa shape index (κ3) is 4.30. The van der Waals surface area contributed by atoms with E-state index in [1.807, 2.05) is 68.4 Å². The summed E-state index contributed by atoms with van der Waals surface area (Å²) < 4.78 is 5.47. The maximum Gasteiger partial charge on any atom is 0.256 e. The summed E-state index contributed by atoms with van der Waals surface area (Å²) in [5, 5.41) is 5.87. The molecule has 5 heteroatoms. The summed E-state index contributed by atoms with van der Waals surface area (Å²) in [5.74, 6) is -0.150. The van der Waals surface area contributed by atoms with Gasteiger partial charge in [-0.3, -0.25) is 9.59 Å². The molecule has 2 atom stereocenters. The number of aryl methyl sites for hydroxylation is 1. The molecule has 1 heterocycles. The Hall–Kier alpha value is -2.95. The fourth-order valence-corrected chi connectivity index (χ4v) is 3.64. The van der Waals surface area contributed by atoms with Crippen LogP contribution in [0.15, 0.2) is 59.7 Å². The Kier molecular flexibility index (Phi) is 6.24. The lowest BCUT2D eigenvalue weighted by atomic mass is 9.81. The van der Waals surface area contributed by atoms with Crippen molar-refractivity contribution in [3.63, 3.8) is 0 Å². The molecular weight excluding hydrogens is 352 g/mol. The fourth-order valence-electron chi connectivity index (χ4n) is 3.64. The number of carbonyl (C=O) groups is 2. The van der Waals surface area contributed by atoms with Crippen molar-refractivity contribution in [3.05, 3.63) is 60.2 Å². The zero-order valence-corrected chi connectivity index (χ0v) is 16.6. The Morgan fingerprint density at radius 2 is 1.82 bits per heavy atom. The van der Waals surface area contributed by atoms with E-state index in [2.05, 4.69) is 5.10 Å². The summed E-state index contributed by atoms with van der Waals surface area (Å²) in [5.41, 5.74) is 2.54. The first kappa shape index (κ1) is 19.8. The summed E-state index contributed by atoms with van der Waals surface area (Å²) in [6.07, 6.45) is 1.33. The molecule has 2 aromatic rings. The molecule has 0 spiro atoms. The standard InChI is InChI=1S/C23H26N2O3/c1-4-28-20-13-10-18(11-14-20)12-15-21(17(3)26)22-16(2)24-25(23(22)27)19-8-6-5-7-9-19/h5-11,13-14,21-22H,4,12,15H2,1-3H3. The summed E-state index contributed by atoms with van der Waals surface area (Å²) in [6, 6.07) is 17.2. The van der Waals surface area contributed by atoms with E-state index in [0.29, 0.717) is 18.7 Å². The molecule has 0 bridgehead atoms. The Morgan fingerprint density at radius 1 is 1.14 bits per heavy atom. The molecule has 0 saturated carbocycles. The zero-order valence-electron chi connectivity index (χ0n) is 16.6. The lowest BCUT2D eigenvalue weighted by Crippen LogP contribution is -2.35. The smallest absolute Gasteiger partial charge is 0.256 e. The van der Waals surface area contributed by atoms with Crippen LogP contribution < -0.4 is 9.75 Å². The number of hydrazone groups is 1. The average Bonchev–Trinajstić information content (AvgIpc) is 2.99. The molecule has 0 N–H and O–H groups in total. The monoisotopic (exact) mass is 378 g/mol. The number of carbonyl (C=O) groups excluding carboxylic acids is 2. The van der Waals surface area contributed by atoms with Gasteiger partial charge >= 0.3 is 0 Å². The molecule has 2 aromatic carbocycles. The molecule has 5 nitrogen and oxygen atoms in total. The van der Waals surface area contributed by atoms with Crippen LogP contribution in [0.1, 0.15) is 32.8 Å². The van der Waals surface area contributed by atoms with E-state index in [-0.39, 0.29) is 17.6 Å². The summed E-state index contributed by atoms with van der Waals surface area (Å²) in [6.45, 7) is 5.98. The molecule has 0 aromatic heterocycles. The minimum absolute atomic E-state index is 0.0220. The van der Waals surface area contributed by atoms with Crippen molar-refractivity contribution in [2.24, 2.45) is 16.9 Å². The number of benzene rings is 2. The highest BCUT2D eigenvalue weighted by atomic mass is 16.5. The van der Waals surface area contributed by atoms with Crippen LogP contribution in [-0.2, 0) is 16.0 Å². The first-order chi connectivity index (χ1) is 13.5.